The molecule has 3 unspecified atom stereocenters. The molecule has 2 amide bonds. The van der Waals surface area contributed by atoms with E-state index in [1.165, 1.54) is 4.90 Å². The number of ether oxygens (including phenoxy) is 3. The van der Waals surface area contributed by atoms with Gasteiger partial charge in [0.2, 0.25) is 0 Å². The molecule has 0 saturated carbocycles. The van der Waals surface area contributed by atoms with Gasteiger partial charge in [0.15, 0.2) is 0 Å². The number of nitrogens with zero attached hydrogens (tertiary/aromatic N) is 2. The van der Waals surface area contributed by atoms with Gasteiger partial charge in [-0.05, 0) is 39.8 Å². The minimum absolute atomic E-state index is 0.126. The lowest BCUT2D eigenvalue weighted by molar-refractivity contribution is -0.0144. The van der Waals surface area contributed by atoms with Crippen LogP contribution in [-0.4, -0.2) is 87.0 Å². The molecule has 3 atom stereocenters. The van der Waals surface area contributed by atoms with Crippen LogP contribution in [0.3, 0.4) is 0 Å². The quantitative estimate of drug-likeness (QED) is 0.563. The molecule has 1 aliphatic rings. The van der Waals surface area contributed by atoms with Crippen molar-refractivity contribution in [2.75, 3.05) is 56.7 Å². The molecule has 170 valence electrons. The molecule has 1 aliphatic heterocycles. The molecule has 1 aromatic rings. The molecule has 0 spiro atoms. The topological polar surface area (TPSA) is 83.5 Å². The van der Waals surface area contributed by atoms with Gasteiger partial charge in [-0.25, -0.2) is 4.79 Å². The van der Waals surface area contributed by atoms with Crippen molar-refractivity contribution in [2.45, 2.75) is 52.1 Å². The number of anilines is 2. The van der Waals surface area contributed by atoms with Gasteiger partial charge in [-0.15, -0.1) is 0 Å². The molecular formula is C22H37N3O5. The number of benzene rings is 1. The number of rotatable bonds is 10. The van der Waals surface area contributed by atoms with Gasteiger partial charge in [0, 0.05) is 20.1 Å². The third-order valence-electron chi connectivity index (χ3n) is 4.73. The molecule has 1 fully saturated rings. The van der Waals surface area contributed by atoms with E-state index in [1.54, 1.807) is 7.05 Å². The lowest BCUT2D eigenvalue weighted by Crippen LogP contribution is -2.46. The summed E-state index contributed by atoms with van der Waals surface area (Å²) in [5.41, 5.74) is 1.71. The summed E-state index contributed by atoms with van der Waals surface area (Å²) < 4.78 is 16.6. The van der Waals surface area contributed by atoms with E-state index in [9.17, 15) is 9.90 Å². The van der Waals surface area contributed by atoms with Crippen molar-refractivity contribution in [3.05, 3.63) is 24.3 Å². The second-order valence-corrected chi connectivity index (χ2v) is 8.14. The number of nitrogens with one attached hydrogen (secondary N) is 1. The van der Waals surface area contributed by atoms with Crippen molar-refractivity contribution in [1.82, 2.24) is 4.90 Å². The van der Waals surface area contributed by atoms with Gasteiger partial charge in [-0.3, -0.25) is 0 Å². The Bertz CT molecular complexity index is 647. The first-order chi connectivity index (χ1) is 14.3. The van der Waals surface area contributed by atoms with Gasteiger partial charge >= 0.3 is 6.03 Å². The second kappa shape index (κ2) is 12.1. The SMILES string of the molecule is CC(C)OCCOCC(O)CN(C)C(=O)Nc1ccccc1N1CC(C)OC(C)C1. The molecule has 1 aromatic carbocycles. The highest BCUT2D eigenvalue weighted by atomic mass is 16.5. The molecule has 2 rings (SSSR count). The van der Waals surface area contributed by atoms with Crippen LogP contribution in [0.4, 0.5) is 16.2 Å². The smallest absolute Gasteiger partial charge is 0.321 e. The zero-order chi connectivity index (χ0) is 22.1. The fraction of sp³-hybridized carbons (Fsp3) is 0.682. The van der Waals surface area contributed by atoms with Crippen molar-refractivity contribution < 1.29 is 24.1 Å². The Morgan fingerprint density at radius 2 is 1.93 bits per heavy atom. The molecule has 8 heteroatoms. The van der Waals surface area contributed by atoms with Crippen molar-refractivity contribution in [3.8, 4) is 0 Å². The average Bonchev–Trinajstić information content (AvgIpc) is 2.67. The van der Waals surface area contributed by atoms with Gasteiger partial charge in [0.25, 0.3) is 0 Å². The number of likely N-dealkylation sites (N-methyl/N-ethyl adjacent to an activating group) is 1. The van der Waals surface area contributed by atoms with Gasteiger partial charge < -0.3 is 34.4 Å². The Labute approximate surface area is 180 Å². The fourth-order valence-corrected chi connectivity index (χ4v) is 3.45. The van der Waals surface area contributed by atoms with Gasteiger partial charge in [0.1, 0.15) is 0 Å². The predicted molar refractivity (Wildman–Crippen MR) is 118 cm³/mol. The number of morpholine rings is 1. The summed E-state index contributed by atoms with van der Waals surface area (Å²) in [6, 6.07) is 7.47. The Kier molecular flexibility index (Phi) is 9.84. The van der Waals surface area contributed by atoms with Crippen molar-refractivity contribution in [3.63, 3.8) is 0 Å². The first-order valence-electron chi connectivity index (χ1n) is 10.6. The zero-order valence-corrected chi connectivity index (χ0v) is 18.8. The summed E-state index contributed by atoms with van der Waals surface area (Å²) in [6.07, 6.45) is -0.362. The standard InChI is InChI=1S/C22H37N3O5/c1-16(2)29-11-10-28-15-19(26)14-24(5)22(27)23-20-8-6-7-9-21(20)25-12-17(3)30-18(4)13-25/h6-9,16-19,26H,10-15H2,1-5H3,(H,23,27). The second-order valence-electron chi connectivity index (χ2n) is 8.14. The van der Waals surface area contributed by atoms with Crippen LogP contribution in [0.1, 0.15) is 27.7 Å². The number of hydrogen-bond donors (Lipinski definition) is 2. The molecule has 30 heavy (non-hydrogen) atoms. The Morgan fingerprint density at radius 3 is 2.60 bits per heavy atom. The highest BCUT2D eigenvalue weighted by Gasteiger charge is 2.24. The maximum absolute atomic E-state index is 12.7. The van der Waals surface area contributed by atoms with Crippen molar-refractivity contribution in [2.24, 2.45) is 0 Å². The number of amides is 2. The summed E-state index contributed by atoms with van der Waals surface area (Å²) in [5, 5.41) is 13.1. The van der Waals surface area contributed by atoms with E-state index in [2.05, 4.69) is 24.1 Å². The van der Waals surface area contributed by atoms with Crippen LogP contribution in [0.15, 0.2) is 24.3 Å². The van der Waals surface area contributed by atoms with Crippen molar-refractivity contribution in [1.29, 1.82) is 0 Å². The van der Waals surface area contributed by atoms with Gasteiger partial charge in [0.05, 0.1) is 62.2 Å². The van der Waals surface area contributed by atoms with E-state index in [0.717, 1.165) is 24.5 Å². The van der Waals surface area contributed by atoms with E-state index in [-0.39, 0.29) is 37.5 Å². The number of aliphatic hydroxyl groups excluding tert-OH is 1. The summed E-state index contributed by atoms with van der Waals surface area (Å²) in [7, 11) is 1.65. The molecule has 8 nitrogen and oxygen atoms in total. The number of aliphatic hydroxyl groups is 1. The van der Waals surface area contributed by atoms with Crippen LogP contribution < -0.4 is 10.2 Å². The molecule has 1 heterocycles. The van der Waals surface area contributed by atoms with Crippen LogP contribution in [0, 0.1) is 0 Å². The van der Waals surface area contributed by atoms with Crippen LogP contribution in [-0.2, 0) is 14.2 Å². The number of para-hydroxylation sites is 2. The van der Waals surface area contributed by atoms with E-state index < -0.39 is 6.10 Å². The Balaban J connectivity index is 1.85. The van der Waals surface area contributed by atoms with E-state index >= 15 is 0 Å². The summed E-state index contributed by atoms with van der Waals surface area (Å²) >= 11 is 0. The van der Waals surface area contributed by atoms with Gasteiger partial charge in [-0.1, -0.05) is 12.1 Å². The Morgan fingerprint density at radius 1 is 1.27 bits per heavy atom. The number of hydrogen-bond acceptors (Lipinski definition) is 6. The van der Waals surface area contributed by atoms with Crippen molar-refractivity contribution >= 4 is 17.4 Å². The minimum Gasteiger partial charge on any atom is -0.389 e. The first kappa shape index (κ1) is 24.4. The average molecular weight is 424 g/mol. The van der Waals surface area contributed by atoms with Gasteiger partial charge in [-0.2, -0.15) is 0 Å². The minimum atomic E-state index is -0.768. The third-order valence-corrected chi connectivity index (χ3v) is 4.73. The summed E-state index contributed by atoms with van der Waals surface area (Å²) in [4.78, 5) is 16.4. The maximum Gasteiger partial charge on any atom is 0.321 e. The summed E-state index contributed by atoms with van der Waals surface area (Å²) in [5.74, 6) is 0. The molecule has 0 bridgehead atoms. The van der Waals surface area contributed by atoms with Crippen LogP contribution >= 0.6 is 0 Å². The lowest BCUT2D eigenvalue weighted by atomic mass is 10.1. The molecule has 0 aliphatic carbocycles. The number of carbonyl (C=O) groups excluding carboxylic acids is 1. The first-order valence-corrected chi connectivity index (χ1v) is 10.6. The summed E-state index contributed by atoms with van der Waals surface area (Å²) in [6.45, 7) is 10.8. The van der Waals surface area contributed by atoms with Crippen LogP contribution in [0.25, 0.3) is 0 Å². The highest BCUT2D eigenvalue weighted by molar-refractivity contribution is 5.93. The largest absolute Gasteiger partial charge is 0.389 e. The molecular weight excluding hydrogens is 386 g/mol. The zero-order valence-electron chi connectivity index (χ0n) is 18.8. The molecule has 1 saturated heterocycles. The predicted octanol–water partition coefficient (Wildman–Crippen LogP) is 2.57. The highest BCUT2D eigenvalue weighted by Crippen LogP contribution is 2.28. The van der Waals surface area contributed by atoms with E-state index in [1.807, 2.05) is 38.1 Å². The van der Waals surface area contributed by atoms with E-state index in [4.69, 9.17) is 14.2 Å². The number of carbonyl (C=O) groups is 1. The molecule has 2 N–H and O–H groups in total. The third kappa shape index (κ3) is 8.10. The van der Waals surface area contributed by atoms with Crippen LogP contribution in [0.2, 0.25) is 0 Å². The molecule has 0 radical (unpaired) electrons. The Hall–Kier alpha value is -1.87. The maximum atomic E-state index is 12.7. The molecule has 0 aromatic heterocycles. The normalized spacial score (nSPS) is 20.3. The monoisotopic (exact) mass is 423 g/mol. The fourth-order valence-electron chi connectivity index (χ4n) is 3.45. The number of urea groups is 1. The van der Waals surface area contributed by atoms with E-state index in [0.29, 0.717) is 13.2 Å². The van der Waals surface area contributed by atoms with Crippen LogP contribution in [0.5, 0.6) is 0 Å². The lowest BCUT2D eigenvalue weighted by Gasteiger charge is -2.37.